The smallest absolute Gasteiger partial charge is 0.397 e. The zero-order valence-corrected chi connectivity index (χ0v) is 49.4. The predicted molar refractivity (Wildman–Crippen MR) is 322 cm³/mol. The molecule has 0 bridgehead atoms. The average molecular weight is 1210 g/mol. The number of aliphatic hydroxyl groups excluding tert-OH is 11. The number of aliphatic hydroxyl groups is 11. The topological polar surface area (TPSA) is 417 Å². The SMILES string of the molecule is C\C(=C/C=C/C=C/CC/C=C/C(C)C(O)C(C)C(O)/C=C/C=C/C=C/C=C/C=C/C=C\C(OS(=O)(=O)O)C(C)C(=O)C(O)CC(O)/C=C/CC(O)CC(O)CC(O)/C=C/CC(O)CC(O)C1OC1CC(O)CC(O)CCCN=C(N)N)C(=O)O. The van der Waals surface area contributed by atoms with E-state index in [0.717, 1.165) is 12.8 Å². The van der Waals surface area contributed by atoms with Gasteiger partial charge < -0.3 is 77.5 Å². The molecule has 17 N–H and O–H groups in total. The van der Waals surface area contributed by atoms with Gasteiger partial charge in [0.05, 0.1) is 67.1 Å². The molecule has 22 nitrogen and oxygen atoms in total. The number of allylic oxidation sites excluding steroid dienone is 16. The zero-order valence-electron chi connectivity index (χ0n) is 48.6. The van der Waals surface area contributed by atoms with Crippen molar-refractivity contribution >= 4 is 28.1 Å². The molecule has 0 saturated carbocycles. The summed E-state index contributed by atoms with van der Waals surface area (Å²) in [6.07, 6.45) is 24.7. The fraction of sp³-hybridized carbons (Fsp3) is 0.557. The maximum atomic E-state index is 13.1. The van der Waals surface area contributed by atoms with Crippen LogP contribution in [0.1, 0.15) is 105 Å². The van der Waals surface area contributed by atoms with Gasteiger partial charge in [-0.15, -0.1) is 0 Å². The molecule has 0 aliphatic carbocycles. The number of hydrogen-bond donors (Lipinski definition) is 15. The van der Waals surface area contributed by atoms with Crippen molar-refractivity contribution in [1.29, 1.82) is 0 Å². The van der Waals surface area contributed by atoms with E-state index < -0.39 is 126 Å². The minimum atomic E-state index is -5.04. The van der Waals surface area contributed by atoms with E-state index in [9.17, 15) is 78.7 Å². The molecule has 0 radical (unpaired) electrons. The first-order chi connectivity index (χ1) is 39.6. The largest absolute Gasteiger partial charge is 0.478 e. The maximum Gasteiger partial charge on any atom is 0.397 e. The number of epoxide rings is 1. The van der Waals surface area contributed by atoms with E-state index in [1.54, 1.807) is 73.8 Å². The van der Waals surface area contributed by atoms with Crippen molar-refractivity contribution < 1.29 is 92.8 Å². The van der Waals surface area contributed by atoms with Gasteiger partial charge in [-0.25, -0.2) is 8.98 Å². The Morgan fingerprint density at radius 2 is 1.15 bits per heavy atom. The van der Waals surface area contributed by atoms with Gasteiger partial charge in [-0.2, -0.15) is 8.42 Å². The molecular formula is C61H95N3O19S. The maximum absolute atomic E-state index is 13.1. The molecule has 1 aliphatic rings. The highest BCUT2D eigenvalue weighted by atomic mass is 32.3. The summed E-state index contributed by atoms with van der Waals surface area (Å²) >= 11 is 0. The average Bonchev–Trinajstić information content (AvgIpc) is 4.35. The molecule has 1 heterocycles. The highest BCUT2D eigenvalue weighted by Gasteiger charge is 2.45. The molecule has 0 aromatic heterocycles. The van der Waals surface area contributed by atoms with Crippen LogP contribution in [0, 0.1) is 17.8 Å². The van der Waals surface area contributed by atoms with Gasteiger partial charge in [-0.3, -0.25) is 14.3 Å². The number of nitrogens with zero attached hydrogens (tertiary/aromatic N) is 1. The van der Waals surface area contributed by atoms with Crippen molar-refractivity contribution in [2.75, 3.05) is 6.54 Å². The van der Waals surface area contributed by atoms with Crippen molar-refractivity contribution in [3.63, 3.8) is 0 Å². The van der Waals surface area contributed by atoms with Crippen molar-refractivity contribution in [3.8, 4) is 0 Å². The molecule has 23 heteroatoms. The number of Topliss-reactive ketones (excluding diaryl/α,β-unsaturated/α-hetero) is 1. The number of aliphatic imine (C=N–C) groups is 1. The Morgan fingerprint density at radius 1 is 0.619 bits per heavy atom. The lowest BCUT2D eigenvalue weighted by molar-refractivity contribution is -0.134. The second kappa shape index (κ2) is 43.3. The van der Waals surface area contributed by atoms with Crippen LogP contribution in [0.2, 0.25) is 0 Å². The normalized spacial score (nSPS) is 21.4. The van der Waals surface area contributed by atoms with Gasteiger partial charge in [0.1, 0.15) is 18.3 Å². The van der Waals surface area contributed by atoms with Crippen LogP contribution in [0.3, 0.4) is 0 Å². The lowest BCUT2D eigenvalue weighted by atomic mass is 9.88. The van der Waals surface area contributed by atoms with Crippen LogP contribution >= 0.6 is 0 Å². The molecule has 17 atom stereocenters. The molecule has 0 spiro atoms. The Hall–Kier alpha value is -5.32. The fourth-order valence-electron chi connectivity index (χ4n) is 8.33. The summed E-state index contributed by atoms with van der Waals surface area (Å²) < 4.78 is 42.8. The third-order valence-corrected chi connectivity index (χ3v) is 13.8. The molecule has 474 valence electrons. The monoisotopic (exact) mass is 1210 g/mol. The second-order valence-electron chi connectivity index (χ2n) is 21.0. The Morgan fingerprint density at radius 3 is 1.74 bits per heavy atom. The van der Waals surface area contributed by atoms with Gasteiger partial charge in [-0.05, 0) is 58.3 Å². The van der Waals surface area contributed by atoms with Gasteiger partial charge in [-0.1, -0.05) is 161 Å². The van der Waals surface area contributed by atoms with Gasteiger partial charge in [0.15, 0.2) is 11.7 Å². The van der Waals surface area contributed by atoms with E-state index in [1.807, 2.05) is 31.2 Å². The number of rotatable bonds is 45. The number of guanidine groups is 1. The Labute approximate surface area is 495 Å². The van der Waals surface area contributed by atoms with Gasteiger partial charge >= 0.3 is 16.4 Å². The number of unbranched alkanes of at least 4 members (excludes halogenated alkanes) is 1. The first kappa shape index (κ1) is 76.7. The van der Waals surface area contributed by atoms with Gasteiger partial charge in [0.2, 0.25) is 0 Å². The first-order valence-electron chi connectivity index (χ1n) is 28.3. The molecule has 0 aromatic rings. The highest BCUT2D eigenvalue weighted by Crippen LogP contribution is 2.33. The van der Waals surface area contributed by atoms with Crippen LogP contribution in [0.25, 0.3) is 0 Å². The van der Waals surface area contributed by atoms with E-state index in [2.05, 4.69) is 4.99 Å². The summed E-state index contributed by atoms with van der Waals surface area (Å²) in [6.45, 7) is 6.78. The lowest BCUT2D eigenvalue weighted by Gasteiger charge is -2.25. The van der Waals surface area contributed by atoms with Gasteiger partial charge in [0, 0.05) is 55.6 Å². The van der Waals surface area contributed by atoms with Crippen molar-refractivity contribution in [2.45, 2.75) is 190 Å². The zero-order chi connectivity index (χ0) is 63.2. The third kappa shape index (κ3) is 37.9. The Kier molecular flexibility index (Phi) is 39.6. The molecule has 1 aliphatic heterocycles. The molecule has 1 rings (SSSR count). The Balaban J connectivity index is 2.50. The first-order valence-corrected chi connectivity index (χ1v) is 29.6. The van der Waals surface area contributed by atoms with Crippen LogP contribution < -0.4 is 11.5 Å². The van der Waals surface area contributed by atoms with Gasteiger partial charge in [0.25, 0.3) is 0 Å². The van der Waals surface area contributed by atoms with E-state index in [4.69, 9.17) is 25.5 Å². The molecular weight excluding hydrogens is 1110 g/mol. The van der Waals surface area contributed by atoms with Crippen LogP contribution in [-0.2, 0) is 28.9 Å². The summed E-state index contributed by atoms with van der Waals surface area (Å²) in [5.74, 6) is -3.85. The number of hydrogen-bond acceptors (Lipinski definition) is 18. The van der Waals surface area contributed by atoms with E-state index >= 15 is 0 Å². The number of carboxylic acids is 1. The number of carboxylic acid groups (broad SMARTS) is 1. The predicted octanol–water partition coefficient (Wildman–Crippen LogP) is 3.49. The molecule has 1 fully saturated rings. The standard InChI is InChI=1S/C61H95N3O19S/c1-41(25-18-14-10-9-11-15-19-26-42(2)60(77)78)57(75)43(3)52(72)32-20-16-12-7-5-6-8-13-17-21-33-55(83-84(79,80)81)44(4)58(76)53(73)38-48(68)29-22-27-45(65)35-50(70)36-46(66)28-23-30-49(69)39-54(74)59-56(82-59)40-51(71)37-47(67)31-24-34-64-61(62)63/h5-9,11-13,15-23,25-26,28-29,32-33,41,43-57,59,65-75H,10,14,24,27,30-31,34-40H2,1-4H3,(H,77,78)(H4,62,63,64)(H,79,80,81)/b7-5+,8-6+,11-9+,16-12+,17-13+,19-15+,25-18+,28-23+,29-22+,32-20+,33-21-,42-26+. The summed E-state index contributed by atoms with van der Waals surface area (Å²) in [4.78, 5) is 27.7. The van der Waals surface area contributed by atoms with Crippen LogP contribution in [0.5, 0.6) is 0 Å². The molecule has 1 saturated heterocycles. The van der Waals surface area contributed by atoms with Crippen LogP contribution in [-0.4, -0.2) is 184 Å². The highest BCUT2D eigenvalue weighted by molar-refractivity contribution is 7.80. The van der Waals surface area contributed by atoms with E-state index in [0.29, 0.717) is 19.4 Å². The summed E-state index contributed by atoms with van der Waals surface area (Å²) in [5, 5.41) is 124. The number of ether oxygens (including phenoxy) is 1. The molecule has 0 amide bonds. The van der Waals surface area contributed by atoms with Crippen molar-refractivity contribution in [1.82, 2.24) is 0 Å². The van der Waals surface area contributed by atoms with Crippen LogP contribution in [0.4, 0.5) is 0 Å². The number of ketones is 1. The number of nitrogens with two attached hydrogens (primary N) is 2. The quantitative estimate of drug-likeness (QED) is 0.00606. The minimum Gasteiger partial charge on any atom is -0.478 e. The third-order valence-electron chi connectivity index (χ3n) is 13.3. The van der Waals surface area contributed by atoms with E-state index in [1.165, 1.54) is 62.5 Å². The van der Waals surface area contributed by atoms with Crippen LogP contribution in [0.15, 0.2) is 150 Å². The number of aliphatic carboxylic acids is 1. The minimum absolute atomic E-state index is 0.0358. The van der Waals surface area contributed by atoms with E-state index in [-0.39, 0.29) is 62.4 Å². The summed E-state index contributed by atoms with van der Waals surface area (Å²) in [7, 11) is -5.04. The Bertz CT molecular complexity index is 2410. The fourth-order valence-corrected chi connectivity index (χ4v) is 8.85. The van der Waals surface area contributed by atoms with Crippen molar-refractivity contribution in [2.24, 2.45) is 34.2 Å². The van der Waals surface area contributed by atoms with Crippen molar-refractivity contribution in [3.05, 3.63) is 145 Å². The number of carbonyl (C=O) groups excluding carboxylic acids is 1. The lowest BCUT2D eigenvalue weighted by Crippen LogP contribution is -2.37. The molecule has 17 unspecified atom stereocenters. The molecule has 0 aromatic carbocycles. The second-order valence-corrected chi connectivity index (χ2v) is 22.0. The molecule has 84 heavy (non-hydrogen) atoms. The number of carbonyl (C=O) groups is 2. The summed E-state index contributed by atoms with van der Waals surface area (Å²) in [6, 6.07) is 0. The summed E-state index contributed by atoms with van der Waals surface area (Å²) in [5.41, 5.74) is 10.8.